The van der Waals surface area contributed by atoms with E-state index in [1.165, 1.54) is 4.90 Å². The van der Waals surface area contributed by atoms with Gasteiger partial charge in [-0.25, -0.2) is 0 Å². The smallest absolute Gasteiger partial charge is 0.268 e. The third-order valence-corrected chi connectivity index (χ3v) is 3.44. The molecule has 0 bridgehead atoms. The Hall–Kier alpha value is -2.24. The third-order valence-electron chi connectivity index (χ3n) is 3.44. The summed E-state index contributed by atoms with van der Waals surface area (Å²) in [5.41, 5.74) is 0. The number of amides is 2. The molecule has 3 rings (SSSR count). The summed E-state index contributed by atoms with van der Waals surface area (Å²) in [6, 6.07) is 7.26. The molecule has 6 heteroatoms. The summed E-state index contributed by atoms with van der Waals surface area (Å²) in [6.45, 7) is 2.84. The van der Waals surface area contributed by atoms with E-state index in [-0.39, 0.29) is 24.5 Å². The van der Waals surface area contributed by atoms with Crippen LogP contribution in [0.25, 0.3) is 0 Å². The average Bonchev–Trinajstić information content (AvgIpc) is 2.46. The van der Waals surface area contributed by atoms with Gasteiger partial charge < -0.3 is 19.7 Å². The predicted octanol–water partition coefficient (Wildman–Crippen LogP) is 0.173. The van der Waals surface area contributed by atoms with Gasteiger partial charge in [-0.1, -0.05) is 12.1 Å². The Labute approximate surface area is 116 Å². The van der Waals surface area contributed by atoms with Gasteiger partial charge in [0.15, 0.2) is 11.5 Å². The van der Waals surface area contributed by atoms with E-state index >= 15 is 0 Å². The van der Waals surface area contributed by atoms with Crippen molar-refractivity contribution in [1.29, 1.82) is 0 Å². The standard InChI is InChI=1S/C14H16N2O4/c1-9-13(14(18)16-7-6-15-12(17)8-16)20-11-5-3-2-4-10(11)19-9/h2-5,9,13H,6-8H2,1H3,(H,15,17)/t9-,13+/m0/s1. The molecule has 2 aliphatic rings. The topological polar surface area (TPSA) is 67.9 Å². The molecule has 0 saturated carbocycles. The zero-order valence-corrected chi connectivity index (χ0v) is 11.2. The van der Waals surface area contributed by atoms with Gasteiger partial charge in [0.1, 0.15) is 6.10 Å². The first-order valence-corrected chi connectivity index (χ1v) is 6.63. The van der Waals surface area contributed by atoms with E-state index in [4.69, 9.17) is 9.47 Å². The monoisotopic (exact) mass is 276 g/mol. The van der Waals surface area contributed by atoms with Crippen molar-refractivity contribution >= 4 is 11.8 Å². The number of nitrogens with one attached hydrogen (secondary N) is 1. The summed E-state index contributed by atoms with van der Waals surface area (Å²) >= 11 is 0. The zero-order valence-electron chi connectivity index (χ0n) is 11.2. The van der Waals surface area contributed by atoms with Crippen LogP contribution < -0.4 is 14.8 Å². The second-order valence-electron chi connectivity index (χ2n) is 4.92. The van der Waals surface area contributed by atoms with Crippen LogP contribution in [-0.2, 0) is 9.59 Å². The van der Waals surface area contributed by atoms with Crippen LogP contribution in [0.15, 0.2) is 24.3 Å². The first-order chi connectivity index (χ1) is 9.65. The van der Waals surface area contributed by atoms with E-state index in [2.05, 4.69) is 5.32 Å². The molecule has 2 amide bonds. The Morgan fingerprint density at radius 1 is 1.30 bits per heavy atom. The number of benzene rings is 1. The van der Waals surface area contributed by atoms with Crippen LogP contribution >= 0.6 is 0 Å². The number of rotatable bonds is 1. The minimum atomic E-state index is -0.712. The van der Waals surface area contributed by atoms with Gasteiger partial charge in [0.05, 0.1) is 6.54 Å². The second kappa shape index (κ2) is 5.03. The second-order valence-corrected chi connectivity index (χ2v) is 4.92. The fraction of sp³-hybridized carbons (Fsp3) is 0.429. The summed E-state index contributed by atoms with van der Waals surface area (Å²) in [6.07, 6.45) is -1.10. The lowest BCUT2D eigenvalue weighted by Gasteiger charge is -2.35. The van der Waals surface area contributed by atoms with Gasteiger partial charge in [-0.15, -0.1) is 0 Å². The summed E-state index contributed by atoms with van der Waals surface area (Å²) < 4.78 is 11.5. The first kappa shape index (κ1) is 12.8. The summed E-state index contributed by atoms with van der Waals surface area (Å²) in [7, 11) is 0. The highest BCUT2D eigenvalue weighted by atomic mass is 16.6. The van der Waals surface area contributed by atoms with Crippen LogP contribution in [-0.4, -0.2) is 48.6 Å². The molecular weight excluding hydrogens is 260 g/mol. The van der Waals surface area contributed by atoms with Crippen molar-refractivity contribution in [2.75, 3.05) is 19.6 Å². The fourth-order valence-corrected chi connectivity index (χ4v) is 2.40. The molecule has 1 N–H and O–H groups in total. The van der Waals surface area contributed by atoms with Gasteiger partial charge >= 0.3 is 0 Å². The lowest BCUT2D eigenvalue weighted by molar-refractivity contribution is -0.148. The largest absolute Gasteiger partial charge is 0.482 e. The summed E-state index contributed by atoms with van der Waals surface area (Å²) in [5.74, 6) is 0.849. The molecule has 6 nitrogen and oxygen atoms in total. The van der Waals surface area contributed by atoms with Crippen LogP contribution in [0.1, 0.15) is 6.92 Å². The van der Waals surface area contributed by atoms with E-state index in [1.807, 2.05) is 12.1 Å². The number of ether oxygens (including phenoxy) is 2. The van der Waals surface area contributed by atoms with Crippen molar-refractivity contribution in [2.45, 2.75) is 19.1 Å². The maximum absolute atomic E-state index is 12.5. The number of nitrogens with zero attached hydrogens (tertiary/aromatic N) is 1. The number of carbonyl (C=O) groups is 2. The molecule has 0 radical (unpaired) electrons. The van der Waals surface area contributed by atoms with Crippen LogP contribution in [0.4, 0.5) is 0 Å². The molecule has 106 valence electrons. The molecular formula is C14H16N2O4. The highest BCUT2D eigenvalue weighted by Gasteiger charge is 2.37. The molecule has 0 spiro atoms. The maximum Gasteiger partial charge on any atom is 0.268 e. The minimum Gasteiger partial charge on any atom is -0.482 e. The van der Waals surface area contributed by atoms with Crippen molar-refractivity contribution < 1.29 is 19.1 Å². The normalized spacial score (nSPS) is 25.1. The van der Waals surface area contributed by atoms with Crippen LogP contribution in [0.3, 0.4) is 0 Å². The quantitative estimate of drug-likeness (QED) is 0.794. The predicted molar refractivity (Wildman–Crippen MR) is 70.5 cm³/mol. The van der Waals surface area contributed by atoms with Crippen LogP contribution in [0.5, 0.6) is 11.5 Å². The molecule has 20 heavy (non-hydrogen) atoms. The Balaban J connectivity index is 1.77. The van der Waals surface area contributed by atoms with E-state index in [9.17, 15) is 9.59 Å². The van der Waals surface area contributed by atoms with Gasteiger partial charge in [-0.05, 0) is 19.1 Å². The van der Waals surface area contributed by atoms with Crippen molar-refractivity contribution in [3.63, 3.8) is 0 Å². The highest BCUT2D eigenvalue weighted by Crippen LogP contribution is 2.33. The van der Waals surface area contributed by atoms with Crippen molar-refractivity contribution in [3.8, 4) is 11.5 Å². The lowest BCUT2D eigenvalue weighted by Crippen LogP contribution is -2.56. The Bertz CT molecular complexity index is 546. The van der Waals surface area contributed by atoms with Gasteiger partial charge in [-0.2, -0.15) is 0 Å². The SMILES string of the molecule is C[C@@H]1Oc2ccccc2O[C@H]1C(=O)N1CCNC(=O)C1. The number of para-hydroxylation sites is 2. The molecule has 0 aromatic heterocycles. The average molecular weight is 276 g/mol. The zero-order chi connectivity index (χ0) is 14.1. The van der Waals surface area contributed by atoms with Crippen molar-refractivity contribution in [1.82, 2.24) is 10.2 Å². The molecule has 1 fully saturated rings. The highest BCUT2D eigenvalue weighted by molar-refractivity contribution is 5.88. The molecule has 1 aromatic rings. The van der Waals surface area contributed by atoms with E-state index < -0.39 is 6.10 Å². The summed E-state index contributed by atoms with van der Waals surface area (Å²) in [4.78, 5) is 25.3. The number of carbonyl (C=O) groups excluding carboxylic acids is 2. The summed E-state index contributed by atoms with van der Waals surface area (Å²) in [5, 5.41) is 2.69. The molecule has 2 atom stereocenters. The first-order valence-electron chi connectivity index (χ1n) is 6.63. The number of hydrogen-bond donors (Lipinski definition) is 1. The fourth-order valence-electron chi connectivity index (χ4n) is 2.40. The van der Waals surface area contributed by atoms with Crippen molar-refractivity contribution in [3.05, 3.63) is 24.3 Å². The third kappa shape index (κ3) is 2.29. The maximum atomic E-state index is 12.5. The van der Waals surface area contributed by atoms with Crippen LogP contribution in [0.2, 0.25) is 0 Å². The molecule has 2 aliphatic heterocycles. The number of fused-ring (bicyclic) bond motifs is 1. The van der Waals surface area contributed by atoms with Gasteiger partial charge in [0, 0.05) is 13.1 Å². The Morgan fingerprint density at radius 2 is 2.00 bits per heavy atom. The van der Waals surface area contributed by atoms with Crippen LogP contribution in [0, 0.1) is 0 Å². The van der Waals surface area contributed by atoms with Gasteiger partial charge in [-0.3, -0.25) is 9.59 Å². The number of piperazine rings is 1. The van der Waals surface area contributed by atoms with Crippen molar-refractivity contribution in [2.24, 2.45) is 0 Å². The minimum absolute atomic E-state index is 0.0764. The Morgan fingerprint density at radius 3 is 2.70 bits per heavy atom. The van der Waals surface area contributed by atoms with Gasteiger partial charge in [0.2, 0.25) is 12.0 Å². The molecule has 2 heterocycles. The van der Waals surface area contributed by atoms with Gasteiger partial charge in [0.25, 0.3) is 5.91 Å². The molecule has 0 unspecified atom stereocenters. The molecule has 0 aliphatic carbocycles. The van der Waals surface area contributed by atoms with E-state index in [0.717, 1.165) is 0 Å². The van der Waals surface area contributed by atoms with E-state index in [1.54, 1.807) is 19.1 Å². The van der Waals surface area contributed by atoms with E-state index in [0.29, 0.717) is 24.6 Å². The molecule has 1 aromatic carbocycles. The lowest BCUT2D eigenvalue weighted by atomic mass is 10.1. The Kier molecular flexibility index (Phi) is 3.22. The number of hydrogen-bond acceptors (Lipinski definition) is 4. The molecule has 1 saturated heterocycles.